The Morgan fingerprint density at radius 3 is 2.47 bits per heavy atom. The molecule has 2 aliphatic rings. The summed E-state index contributed by atoms with van der Waals surface area (Å²) in [7, 11) is -3.76. The first kappa shape index (κ1) is 25.6. The van der Waals surface area contributed by atoms with Gasteiger partial charge in [0.15, 0.2) is 0 Å². The van der Waals surface area contributed by atoms with Gasteiger partial charge >= 0.3 is 0 Å². The van der Waals surface area contributed by atoms with E-state index in [1.165, 1.54) is 19.9 Å². The lowest BCUT2D eigenvalue weighted by Gasteiger charge is -2.25. The minimum Gasteiger partial charge on any atom is -0.490 e. The minimum atomic E-state index is -3.76. The topological polar surface area (TPSA) is 121 Å². The third kappa shape index (κ3) is 5.21. The number of nitrogens with zero attached hydrogens (tertiary/aromatic N) is 3. The number of hydrogen-bond acceptors (Lipinski definition) is 8. The van der Waals surface area contributed by atoms with E-state index < -0.39 is 21.0 Å². The van der Waals surface area contributed by atoms with Gasteiger partial charge in [-0.1, -0.05) is 24.3 Å². The number of hydrogen-bond donors (Lipinski definition) is 1. The molecule has 11 heteroatoms. The van der Waals surface area contributed by atoms with Gasteiger partial charge in [0.2, 0.25) is 20.2 Å². The highest BCUT2D eigenvalue weighted by molar-refractivity contribution is 8.16. The van der Waals surface area contributed by atoms with Crippen molar-refractivity contribution in [2.45, 2.75) is 32.9 Å². The molecule has 0 aromatic heterocycles. The highest BCUT2D eigenvalue weighted by atomic mass is 32.2. The Balaban J connectivity index is 1.42. The number of benzene rings is 2. The lowest BCUT2D eigenvalue weighted by atomic mass is 10.1. The van der Waals surface area contributed by atoms with Crippen LogP contribution in [0.25, 0.3) is 6.08 Å². The minimum absolute atomic E-state index is 0.0245. The van der Waals surface area contributed by atoms with Crippen molar-refractivity contribution in [2.24, 2.45) is 9.39 Å². The van der Waals surface area contributed by atoms with Gasteiger partial charge in [-0.05, 0) is 68.7 Å². The summed E-state index contributed by atoms with van der Waals surface area (Å²) in [5.74, 6) is 0.556. The molecule has 0 saturated carbocycles. The van der Waals surface area contributed by atoms with Gasteiger partial charge in [-0.25, -0.2) is 13.3 Å². The van der Waals surface area contributed by atoms with E-state index >= 15 is 0 Å². The van der Waals surface area contributed by atoms with Gasteiger partial charge in [-0.15, -0.1) is 0 Å². The molecule has 1 N–H and O–H groups in total. The second-order valence-corrected chi connectivity index (χ2v) is 11.7. The normalized spacial score (nSPS) is 16.8. The van der Waals surface area contributed by atoms with Crippen molar-refractivity contribution in [3.05, 3.63) is 64.7 Å². The highest BCUT2D eigenvalue weighted by Crippen LogP contribution is 2.31. The predicted molar refractivity (Wildman–Crippen MR) is 142 cm³/mol. The number of fused-ring (bicyclic) bond motifs is 1. The average molecular weight is 527 g/mol. The van der Waals surface area contributed by atoms with E-state index in [0.29, 0.717) is 24.5 Å². The summed E-state index contributed by atoms with van der Waals surface area (Å²) < 4.78 is 40.9. The van der Waals surface area contributed by atoms with Crippen LogP contribution in [0, 0.1) is 19.3 Å². The summed E-state index contributed by atoms with van der Waals surface area (Å²) in [5, 5.41) is 7.57. The number of rotatable bonds is 7. The SMILES string of the molecule is Cc1ccc(C)c(OCCOc2ccc(/C=C3/C(=N)N4C(=NC3=O)SN=C4S(=O)(=O)C(C)C)cc2)c1. The van der Waals surface area contributed by atoms with Crippen molar-refractivity contribution in [3.8, 4) is 11.5 Å². The smallest absolute Gasteiger partial charge is 0.283 e. The molecule has 36 heavy (non-hydrogen) atoms. The molecule has 0 fully saturated rings. The molecule has 0 bridgehead atoms. The molecule has 0 radical (unpaired) electrons. The maximum atomic E-state index is 12.7. The van der Waals surface area contributed by atoms with Crippen LogP contribution in [0.15, 0.2) is 57.4 Å². The van der Waals surface area contributed by atoms with E-state index in [1.54, 1.807) is 24.3 Å². The molecule has 0 aliphatic carbocycles. The monoisotopic (exact) mass is 526 g/mol. The van der Waals surface area contributed by atoms with Crippen LogP contribution >= 0.6 is 11.9 Å². The fourth-order valence-corrected chi connectivity index (χ4v) is 5.46. The Morgan fingerprint density at radius 1 is 1.08 bits per heavy atom. The zero-order chi connectivity index (χ0) is 26.0. The quantitative estimate of drug-likeness (QED) is 0.327. The van der Waals surface area contributed by atoms with E-state index in [-0.39, 0.29) is 21.7 Å². The molecule has 0 unspecified atom stereocenters. The van der Waals surface area contributed by atoms with Crippen molar-refractivity contribution in [3.63, 3.8) is 0 Å². The molecule has 1 amide bonds. The molecule has 0 spiro atoms. The van der Waals surface area contributed by atoms with Crippen LogP contribution in [0.3, 0.4) is 0 Å². The van der Waals surface area contributed by atoms with Crippen molar-refractivity contribution < 1.29 is 22.7 Å². The molecule has 2 aromatic rings. The van der Waals surface area contributed by atoms with Crippen LogP contribution in [-0.4, -0.2) is 53.9 Å². The summed E-state index contributed by atoms with van der Waals surface area (Å²) in [5.41, 5.74) is 2.80. The number of carbonyl (C=O) groups is 1. The van der Waals surface area contributed by atoms with Crippen molar-refractivity contribution in [1.29, 1.82) is 5.41 Å². The Labute approximate surface area is 214 Å². The number of amides is 1. The fraction of sp³-hybridized carbons (Fsp3) is 0.280. The highest BCUT2D eigenvalue weighted by Gasteiger charge is 2.43. The predicted octanol–water partition coefficient (Wildman–Crippen LogP) is 4.16. The molecule has 4 rings (SSSR count). The van der Waals surface area contributed by atoms with Crippen LogP contribution in [-0.2, 0) is 14.6 Å². The molecular formula is C25H26N4O5S2. The van der Waals surface area contributed by atoms with Crippen molar-refractivity contribution >= 4 is 49.9 Å². The van der Waals surface area contributed by atoms with E-state index in [4.69, 9.17) is 14.9 Å². The average Bonchev–Trinajstić information content (AvgIpc) is 3.27. The number of nitrogens with one attached hydrogen (secondary N) is 1. The number of amidine groups is 3. The molecule has 0 saturated heterocycles. The van der Waals surface area contributed by atoms with Crippen LogP contribution in [0.5, 0.6) is 11.5 Å². The Hall–Kier alpha value is -3.44. The number of carbonyl (C=O) groups excluding carboxylic acids is 1. The second-order valence-electron chi connectivity index (χ2n) is 8.54. The van der Waals surface area contributed by atoms with Crippen molar-refractivity contribution in [2.75, 3.05) is 13.2 Å². The first-order valence-corrected chi connectivity index (χ1v) is 13.6. The van der Waals surface area contributed by atoms with E-state index in [0.717, 1.165) is 33.7 Å². The Bertz CT molecular complexity index is 1410. The van der Waals surface area contributed by atoms with Crippen LogP contribution in [0.1, 0.15) is 30.5 Å². The molecule has 0 atom stereocenters. The molecule has 9 nitrogen and oxygen atoms in total. The van der Waals surface area contributed by atoms with Crippen LogP contribution < -0.4 is 9.47 Å². The summed E-state index contributed by atoms with van der Waals surface area (Å²) in [6.45, 7) is 7.81. The standard InChI is InChI=1S/C25H26N4O5S2/c1-15(2)36(31,32)25-28-35-24-27-23(30)20(22(26)29(24)25)14-18-7-9-19(10-8-18)33-11-12-34-21-13-16(3)5-6-17(21)4/h5-10,13-15,26H,11-12H2,1-4H3/b20-14-,26-22?. The van der Waals surface area contributed by atoms with Gasteiger partial charge in [0.1, 0.15) is 30.5 Å². The Morgan fingerprint density at radius 2 is 1.78 bits per heavy atom. The molecule has 188 valence electrons. The molecule has 2 aromatic carbocycles. The first-order chi connectivity index (χ1) is 17.1. The number of aryl methyl sites for hydroxylation is 2. The van der Waals surface area contributed by atoms with Gasteiger partial charge in [-0.2, -0.15) is 9.39 Å². The fourth-order valence-electron chi connectivity index (χ4n) is 3.39. The van der Waals surface area contributed by atoms with Gasteiger partial charge < -0.3 is 9.47 Å². The molecular weight excluding hydrogens is 500 g/mol. The first-order valence-electron chi connectivity index (χ1n) is 11.2. The number of aliphatic imine (C=N–C) groups is 1. The van der Waals surface area contributed by atoms with E-state index in [9.17, 15) is 13.2 Å². The largest absolute Gasteiger partial charge is 0.490 e. The summed E-state index contributed by atoms with van der Waals surface area (Å²) in [4.78, 5) is 17.6. The van der Waals surface area contributed by atoms with Gasteiger partial charge in [0, 0.05) is 0 Å². The van der Waals surface area contributed by atoms with Gasteiger partial charge in [0.25, 0.3) is 5.91 Å². The number of sulfone groups is 1. The molecule has 2 aliphatic heterocycles. The van der Waals surface area contributed by atoms with Crippen LogP contribution in [0.2, 0.25) is 0 Å². The van der Waals surface area contributed by atoms with Crippen LogP contribution in [0.4, 0.5) is 0 Å². The maximum Gasteiger partial charge on any atom is 0.283 e. The van der Waals surface area contributed by atoms with Gasteiger partial charge in [-0.3, -0.25) is 10.2 Å². The number of ether oxygens (including phenoxy) is 2. The summed E-state index contributed by atoms with van der Waals surface area (Å²) >= 11 is 0.775. The third-order valence-electron chi connectivity index (χ3n) is 5.51. The zero-order valence-electron chi connectivity index (χ0n) is 20.3. The summed E-state index contributed by atoms with van der Waals surface area (Å²) in [6, 6.07) is 13.0. The summed E-state index contributed by atoms with van der Waals surface area (Å²) in [6.07, 6.45) is 1.50. The third-order valence-corrected chi connectivity index (χ3v) is 8.35. The second kappa shape index (κ2) is 10.3. The lowest BCUT2D eigenvalue weighted by molar-refractivity contribution is -0.114. The van der Waals surface area contributed by atoms with E-state index in [2.05, 4.69) is 9.39 Å². The zero-order valence-corrected chi connectivity index (χ0v) is 21.9. The van der Waals surface area contributed by atoms with E-state index in [1.807, 2.05) is 32.0 Å². The van der Waals surface area contributed by atoms with Crippen molar-refractivity contribution in [1.82, 2.24) is 4.90 Å². The maximum absolute atomic E-state index is 12.7. The molecule has 2 heterocycles. The lowest BCUT2D eigenvalue weighted by Crippen LogP contribution is -2.46. The Kier molecular flexibility index (Phi) is 7.32. The van der Waals surface area contributed by atoms with Gasteiger partial charge in [0.05, 0.1) is 22.8 Å².